The van der Waals surface area contributed by atoms with Crippen molar-refractivity contribution in [1.29, 1.82) is 0 Å². The molecule has 1 atom stereocenters. The monoisotopic (exact) mass is 285 g/mol. The van der Waals surface area contributed by atoms with Crippen molar-refractivity contribution in [2.24, 2.45) is 5.73 Å². The van der Waals surface area contributed by atoms with E-state index >= 15 is 0 Å². The molecule has 0 fully saturated rings. The average molecular weight is 286 g/mol. The molecule has 0 amide bonds. The molecule has 0 bridgehead atoms. The molecule has 0 rings (SSSR count). The van der Waals surface area contributed by atoms with Crippen LogP contribution in [0, 0.1) is 0 Å². The lowest BCUT2D eigenvalue weighted by atomic mass is 10.1. The van der Waals surface area contributed by atoms with Gasteiger partial charge in [-0.25, -0.2) is 0 Å². The third-order valence-corrected chi connectivity index (χ3v) is 4.20. The van der Waals surface area contributed by atoms with E-state index in [9.17, 15) is 0 Å². The lowest BCUT2D eigenvalue weighted by Crippen LogP contribution is -2.40. The predicted octanol–water partition coefficient (Wildman–Crippen LogP) is 3.39. The van der Waals surface area contributed by atoms with Crippen LogP contribution >= 0.6 is 0 Å². The van der Waals surface area contributed by atoms with Gasteiger partial charge in [-0.3, -0.25) is 0 Å². The number of nitrogens with two attached hydrogens (primary N) is 1. The highest BCUT2D eigenvalue weighted by molar-refractivity contribution is 4.69. The highest BCUT2D eigenvalue weighted by atomic mass is 15.1. The number of rotatable bonds is 15. The van der Waals surface area contributed by atoms with E-state index in [1.165, 1.54) is 51.4 Å². The van der Waals surface area contributed by atoms with Crippen LogP contribution in [0.1, 0.15) is 72.1 Å². The summed E-state index contributed by atoms with van der Waals surface area (Å²) >= 11 is 0. The van der Waals surface area contributed by atoms with Gasteiger partial charge in [0.25, 0.3) is 0 Å². The van der Waals surface area contributed by atoms with Crippen molar-refractivity contribution in [3.63, 3.8) is 0 Å². The van der Waals surface area contributed by atoms with E-state index in [2.05, 4.69) is 31.0 Å². The molecular formula is C17H39N3. The summed E-state index contributed by atoms with van der Waals surface area (Å²) in [5.74, 6) is 0. The minimum absolute atomic E-state index is 0.515. The maximum absolute atomic E-state index is 5.86. The zero-order valence-electron chi connectivity index (χ0n) is 14.3. The van der Waals surface area contributed by atoms with Crippen LogP contribution < -0.4 is 11.1 Å². The Hall–Kier alpha value is -0.120. The summed E-state index contributed by atoms with van der Waals surface area (Å²) < 4.78 is 0. The van der Waals surface area contributed by atoms with Gasteiger partial charge >= 0.3 is 0 Å². The summed E-state index contributed by atoms with van der Waals surface area (Å²) in [4.78, 5) is 2.45. The van der Waals surface area contributed by atoms with Crippen LogP contribution in [0.4, 0.5) is 0 Å². The number of likely N-dealkylation sites (N-methyl/N-ethyl adjacent to an activating group) is 1. The van der Waals surface area contributed by atoms with Crippen LogP contribution in [0.25, 0.3) is 0 Å². The highest BCUT2D eigenvalue weighted by Crippen LogP contribution is 2.09. The Morgan fingerprint density at radius 2 is 1.50 bits per heavy atom. The first-order chi connectivity index (χ1) is 9.78. The van der Waals surface area contributed by atoms with E-state index in [1.54, 1.807) is 0 Å². The highest BCUT2D eigenvalue weighted by Gasteiger charge is 2.06. The second-order valence-electron chi connectivity index (χ2n) is 5.82. The maximum atomic E-state index is 5.86. The van der Waals surface area contributed by atoms with Gasteiger partial charge in [0.1, 0.15) is 0 Å². The molecule has 0 aromatic carbocycles. The lowest BCUT2D eigenvalue weighted by molar-refractivity contribution is 0.294. The summed E-state index contributed by atoms with van der Waals surface area (Å²) in [5.41, 5.74) is 5.86. The molecule has 3 nitrogen and oxygen atoms in total. The molecule has 0 aliphatic heterocycles. The van der Waals surface area contributed by atoms with Crippen LogP contribution in [0.5, 0.6) is 0 Å². The fraction of sp³-hybridized carbons (Fsp3) is 1.00. The largest absolute Gasteiger partial charge is 0.329 e. The van der Waals surface area contributed by atoms with Crippen LogP contribution in [0.15, 0.2) is 0 Å². The topological polar surface area (TPSA) is 41.3 Å². The Balaban J connectivity index is 3.47. The van der Waals surface area contributed by atoms with Gasteiger partial charge in [0.05, 0.1) is 0 Å². The molecule has 0 spiro atoms. The predicted molar refractivity (Wildman–Crippen MR) is 91.2 cm³/mol. The summed E-state index contributed by atoms with van der Waals surface area (Å²) in [6, 6.07) is 0.515. The normalized spacial score (nSPS) is 13.1. The Kier molecular flexibility index (Phi) is 15.2. The molecule has 0 heterocycles. The number of hydrogen-bond donors (Lipinski definition) is 2. The number of hydrogen-bond acceptors (Lipinski definition) is 3. The molecule has 3 N–H and O–H groups in total. The molecule has 1 unspecified atom stereocenters. The smallest absolute Gasteiger partial charge is 0.0190 e. The van der Waals surface area contributed by atoms with E-state index in [-0.39, 0.29) is 0 Å². The summed E-state index contributed by atoms with van der Waals surface area (Å²) in [6.45, 7) is 12.0. The molecule has 20 heavy (non-hydrogen) atoms. The zero-order valence-corrected chi connectivity index (χ0v) is 14.3. The average Bonchev–Trinajstić information content (AvgIpc) is 2.48. The van der Waals surface area contributed by atoms with E-state index in [0.717, 1.165) is 32.7 Å². The number of nitrogens with zero attached hydrogens (tertiary/aromatic N) is 1. The molecule has 0 aromatic heterocycles. The summed E-state index contributed by atoms with van der Waals surface area (Å²) in [5, 5.41) is 3.61. The molecular weight excluding hydrogens is 246 g/mol. The van der Waals surface area contributed by atoms with Crippen molar-refractivity contribution >= 4 is 0 Å². The van der Waals surface area contributed by atoms with Crippen molar-refractivity contribution in [2.75, 3.05) is 32.7 Å². The fourth-order valence-corrected chi connectivity index (χ4v) is 2.62. The minimum Gasteiger partial charge on any atom is -0.329 e. The first-order valence-electron chi connectivity index (χ1n) is 8.94. The Bertz CT molecular complexity index is 181. The molecule has 0 aliphatic carbocycles. The van der Waals surface area contributed by atoms with Crippen LogP contribution in [0.2, 0.25) is 0 Å². The van der Waals surface area contributed by atoms with Crippen molar-refractivity contribution in [1.82, 2.24) is 10.2 Å². The first kappa shape index (κ1) is 19.9. The van der Waals surface area contributed by atoms with Crippen molar-refractivity contribution in [3.8, 4) is 0 Å². The molecule has 0 aliphatic rings. The van der Waals surface area contributed by atoms with Gasteiger partial charge in [0.15, 0.2) is 0 Å². The van der Waals surface area contributed by atoms with E-state index in [4.69, 9.17) is 5.73 Å². The zero-order chi connectivity index (χ0) is 15.1. The van der Waals surface area contributed by atoms with E-state index in [0.29, 0.717) is 6.04 Å². The Labute approximate surface area is 127 Å². The third-order valence-electron chi connectivity index (χ3n) is 4.20. The Morgan fingerprint density at radius 3 is 2.05 bits per heavy atom. The van der Waals surface area contributed by atoms with Crippen molar-refractivity contribution in [2.45, 2.75) is 78.2 Å². The first-order valence-corrected chi connectivity index (χ1v) is 8.94. The van der Waals surface area contributed by atoms with Crippen LogP contribution in [-0.2, 0) is 0 Å². The minimum atomic E-state index is 0.515. The van der Waals surface area contributed by atoms with Crippen LogP contribution in [-0.4, -0.2) is 43.7 Å². The fourth-order valence-electron chi connectivity index (χ4n) is 2.62. The van der Waals surface area contributed by atoms with Crippen molar-refractivity contribution < 1.29 is 0 Å². The SMILES string of the molecule is CCCCCCCCCC(CN)NCCN(CC)CC. The molecule has 0 aromatic rings. The van der Waals surface area contributed by atoms with E-state index < -0.39 is 0 Å². The number of nitrogens with one attached hydrogen (secondary N) is 1. The molecule has 0 saturated carbocycles. The van der Waals surface area contributed by atoms with Gasteiger partial charge in [-0.05, 0) is 19.5 Å². The van der Waals surface area contributed by atoms with Gasteiger partial charge in [-0.1, -0.05) is 65.7 Å². The second-order valence-corrected chi connectivity index (χ2v) is 5.82. The molecule has 0 radical (unpaired) electrons. The van der Waals surface area contributed by atoms with Gasteiger partial charge in [-0.15, -0.1) is 0 Å². The van der Waals surface area contributed by atoms with Gasteiger partial charge in [0.2, 0.25) is 0 Å². The lowest BCUT2D eigenvalue weighted by Gasteiger charge is -2.21. The summed E-state index contributed by atoms with van der Waals surface area (Å²) in [6.07, 6.45) is 10.9. The van der Waals surface area contributed by atoms with Gasteiger partial charge in [0, 0.05) is 25.7 Å². The third kappa shape index (κ3) is 11.7. The molecule has 122 valence electrons. The van der Waals surface area contributed by atoms with E-state index in [1.807, 2.05) is 0 Å². The maximum Gasteiger partial charge on any atom is 0.0190 e. The quantitative estimate of drug-likeness (QED) is 0.453. The molecule has 0 saturated heterocycles. The molecule has 3 heteroatoms. The number of unbranched alkanes of at least 4 members (excludes halogenated alkanes) is 6. The van der Waals surface area contributed by atoms with Gasteiger partial charge < -0.3 is 16.0 Å². The summed E-state index contributed by atoms with van der Waals surface area (Å²) in [7, 11) is 0. The van der Waals surface area contributed by atoms with Crippen LogP contribution in [0.3, 0.4) is 0 Å². The second kappa shape index (κ2) is 15.3. The Morgan fingerprint density at radius 1 is 0.900 bits per heavy atom. The van der Waals surface area contributed by atoms with Crippen molar-refractivity contribution in [3.05, 3.63) is 0 Å². The van der Waals surface area contributed by atoms with Gasteiger partial charge in [-0.2, -0.15) is 0 Å². The standard InChI is InChI=1S/C17H39N3/c1-4-7-8-9-10-11-12-13-17(16-18)19-14-15-20(5-2)6-3/h17,19H,4-16,18H2,1-3H3.